The predicted octanol–water partition coefficient (Wildman–Crippen LogP) is 2.01. The smallest absolute Gasteiger partial charge is 0.142 e. The molecule has 0 atom stereocenters. The number of halogens is 1. The van der Waals surface area contributed by atoms with Gasteiger partial charge in [-0.2, -0.15) is 0 Å². The number of rotatable bonds is 6. The second kappa shape index (κ2) is 6.33. The molecule has 0 aromatic heterocycles. The van der Waals surface area contributed by atoms with Crippen molar-refractivity contribution in [1.29, 1.82) is 0 Å². The minimum absolute atomic E-state index is 0.249. The van der Waals surface area contributed by atoms with Gasteiger partial charge in [-0.3, -0.25) is 0 Å². The SMILES string of the molecule is COc1ccc(F)cc1N(C)CCCCN. The number of unbranched alkanes of at least 4 members (excludes halogenated alkanes) is 1. The molecule has 0 unspecified atom stereocenters. The Bertz CT molecular complexity index is 331. The molecule has 0 bridgehead atoms. The average Bonchev–Trinajstić information content (AvgIpc) is 2.29. The average molecular weight is 226 g/mol. The van der Waals surface area contributed by atoms with Crippen molar-refractivity contribution in [2.45, 2.75) is 12.8 Å². The summed E-state index contributed by atoms with van der Waals surface area (Å²) >= 11 is 0. The molecule has 4 heteroatoms. The third-order valence-electron chi connectivity index (χ3n) is 2.50. The summed E-state index contributed by atoms with van der Waals surface area (Å²) in [4.78, 5) is 1.98. The fourth-order valence-corrected chi connectivity index (χ4v) is 1.58. The first-order valence-corrected chi connectivity index (χ1v) is 5.43. The molecule has 90 valence electrons. The molecule has 16 heavy (non-hydrogen) atoms. The molecular weight excluding hydrogens is 207 g/mol. The van der Waals surface area contributed by atoms with Crippen molar-refractivity contribution in [3.63, 3.8) is 0 Å². The van der Waals surface area contributed by atoms with Crippen LogP contribution in [0.2, 0.25) is 0 Å². The standard InChI is InChI=1S/C12H19FN2O/c1-15(8-4-3-7-14)11-9-10(13)5-6-12(11)16-2/h5-6,9H,3-4,7-8,14H2,1-2H3. The van der Waals surface area contributed by atoms with E-state index >= 15 is 0 Å². The third-order valence-corrected chi connectivity index (χ3v) is 2.50. The van der Waals surface area contributed by atoms with Crippen molar-refractivity contribution in [2.75, 3.05) is 32.1 Å². The fourth-order valence-electron chi connectivity index (χ4n) is 1.58. The van der Waals surface area contributed by atoms with Crippen LogP contribution in [0.5, 0.6) is 5.75 Å². The van der Waals surface area contributed by atoms with Crippen molar-refractivity contribution in [3.8, 4) is 5.75 Å². The van der Waals surface area contributed by atoms with Gasteiger partial charge in [-0.1, -0.05) is 0 Å². The van der Waals surface area contributed by atoms with Gasteiger partial charge in [0, 0.05) is 19.7 Å². The van der Waals surface area contributed by atoms with Gasteiger partial charge in [0.1, 0.15) is 11.6 Å². The fraction of sp³-hybridized carbons (Fsp3) is 0.500. The molecule has 1 aromatic rings. The first kappa shape index (κ1) is 12.8. The highest BCUT2D eigenvalue weighted by Crippen LogP contribution is 2.28. The van der Waals surface area contributed by atoms with Crippen molar-refractivity contribution >= 4 is 5.69 Å². The molecule has 1 aromatic carbocycles. The van der Waals surface area contributed by atoms with Gasteiger partial charge < -0.3 is 15.4 Å². The number of ether oxygens (including phenoxy) is 1. The second-order valence-corrected chi connectivity index (χ2v) is 3.73. The number of anilines is 1. The minimum Gasteiger partial charge on any atom is -0.495 e. The maximum Gasteiger partial charge on any atom is 0.142 e. The maximum atomic E-state index is 13.1. The molecule has 0 aliphatic rings. The van der Waals surface area contributed by atoms with Crippen molar-refractivity contribution in [3.05, 3.63) is 24.0 Å². The number of nitrogens with two attached hydrogens (primary N) is 1. The quantitative estimate of drug-likeness (QED) is 0.754. The third kappa shape index (κ3) is 3.38. The molecule has 0 radical (unpaired) electrons. The van der Waals surface area contributed by atoms with E-state index in [0.29, 0.717) is 12.3 Å². The summed E-state index contributed by atoms with van der Waals surface area (Å²) in [5, 5.41) is 0. The molecule has 0 saturated carbocycles. The molecular formula is C12H19FN2O. The molecule has 0 fully saturated rings. The van der Waals surface area contributed by atoms with E-state index in [1.807, 2.05) is 11.9 Å². The summed E-state index contributed by atoms with van der Waals surface area (Å²) in [6.07, 6.45) is 1.97. The molecule has 3 nitrogen and oxygen atoms in total. The highest BCUT2D eigenvalue weighted by Gasteiger charge is 2.08. The largest absolute Gasteiger partial charge is 0.495 e. The van der Waals surface area contributed by atoms with E-state index in [1.54, 1.807) is 13.2 Å². The Balaban J connectivity index is 2.72. The Labute approximate surface area is 96.0 Å². The zero-order valence-electron chi connectivity index (χ0n) is 9.87. The molecule has 0 amide bonds. The molecule has 0 saturated heterocycles. The Kier molecular flexibility index (Phi) is 5.05. The van der Waals surface area contributed by atoms with Crippen LogP contribution < -0.4 is 15.4 Å². The molecule has 2 N–H and O–H groups in total. The molecule has 1 rings (SSSR count). The van der Waals surface area contributed by atoms with Gasteiger partial charge in [-0.15, -0.1) is 0 Å². The number of benzene rings is 1. The van der Waals surface area contributed by atoms with Crippen molar-refractivity contribution in [1.82, 2.24) is 0 Å². The van der Waals surface area contributed by atoms with Crippen LogP contribution in [-0.4, -0.2) is 27.2 Å². The first-order valence-electron chi connectivity index (χ1n) is 5.43. The van der Waals surface area contributed by atoms with Crippen LogP contribution in [0.1, 0.15) is 12.8 Å². The Morgan fingerprint density at radius 3 is 2.75 bits per heavy atom. The van der Waals surface area contributed by atoms with E-state index in [2.05, 4.69) is 0 Å². The van der Waals surface area contributed by atoms with Crippen LogP contribution in [0, 0.1) is 5.82 Å². The van der Waals surface area contributed by atoms with Gasteiger partial charge in [0.2, 0.25) is 0 Å². The number of methoxy groups -OCH3 is 1. The topological polar surface area (TPSA) is 38.5 Å². The lowest BCUT2D eigenvalue weighted by Gasteiger charge is -2.21. The lowest BCUT2D eigenvalue weighted by atomic mass is 10.2. The van der Waals surface area contributed by atoms with E-state index in [0.717, 1.165) is 25.1 Å². The van der Waals surface area contributed by atoms with Crippen molar-refractivity contribution in [2.24, 2.45) is 5.73 Å². The van der Waals surface area contributed by atoms with Gasteiger partial charge in [-0.05, 0) is 31.5 Å². The Morgan fingerprint density at radius 2 is 2.12 bits per heavy atom. The summed E-state index contributed by atoms with van der Waals surface area (Å²) in [5.41, 5.74) is 6.21. The number of nitrogens with zero attached hydrogens (tertiary/aromatic N) is 1. The van der Waals surface area contributed by atoms with E-state index in [-0.39, 0.29) is 5.82 Å². The molecule has 0 heterocycles. The molecule has 0 aliphatic heterocycles. The van der Waals surface area contributed by atoms with E-state index in [4.69, 9.17) is 10.5 Å². The van der Waals surface area contributed by atoms with Gasteiger partial charge in [0.25, 0.3) is 0 Å². The zero-order valence-corrected chi connectivity index (χ0v) is 9.87. The van der Waals surface area contributed by atoms with Gasteiger partial charge in [0.15, 0.2) is 0 Å². The van der Waals surface area contributed by atoms with Crippen molar-refractivity contribution < 1.29 is 9.13 Å². The minimum atomic E-state index is -0.249. The molecule has 0 spiro atoms. The zero-order chi connectivity index (χ0) is 12.0. The van der Waals surface area contributed by atoms with Gasteiger partial charge in [-0.25, -0.2) is 4.39 Å². The lowest BCUT2D eigenvalue weighted by Crippen LogP contribution is -2.20. The van der Waals surface area contributed by atoms with E-state index in [9.17, 15) is 4.39 Å². The molecule has 0 aliphatic carbocycles. The van der Waals surface area contributed by atoms with Crippen LogP contribution >= 0.6 is 0 Å². The summed E-state index contributed by atoms with van der Waals surface area (Å²) in [5.74, 6) is 0.443. The van der Waals surface area contributed by atoms with Crippen LogP contribution in [-0.2, 0) is 0 Å². The van der Waals surface area contributed by atoms with E-state index < -0.39 is 0 Å². The van der Waals surface area contributed by atoms with Crippen LogP contribution in [0.25, 0.3) is 0 Å². The van der Waals surface area contributed by atoms with Gasteiger partial charge in [0.05, 0.1) is 12.8 Å². The maximum absolute atomic E-state index is 13.1. The Hall–Kier alpha value is -1.29. The number of hydrogen-bond donors (Lipinski definition) is 1. The summed E-state index contributed by atoms with van der Waals surface area (Å²) < 4.78 is 18.3. The summed E-state index contributed by atoms with van der Waals surface area (Å²) in [6, 6.07) is 4.53. The second-order valence-electron chi connectivity index (χ2n) is 3.73. The monoisotopic (exact) mass is 226 g/mol. The highest BCUT2D eigenvalue weighted by atomic mass is 19.1. The van der Waals surface area contributed by atoms with E-state index in [1.165, 1.54) is 12.1 Å². The summed E-state index contributed by atoms with van der Waals surface area (Å²) in [7, 11) is 3.51. The lowest BCUT2D eigenvalue weighted by molar-refractivity contribution is 0.413. The van der Waals surface area contributed by atoms with Crippen LogP contribution in [0.3, 0.4) is 0 Å². The highest BCUT2D eigenvalue weighted by molar-refractivity contribution is 5.58. The number of hydrogen-bond acceptors (Lipinski definition) is 3. The van der Waals surface area contributed by atoms with Crippen LogP contribution in [0.15, 0.2) is 18.2 Å². The first-order chi connectivity index (χ1) is 7.69. The van der Waals surface area contributed by atoms with Crippen LogP contribution in [0.4, 0.5) is 10.1 Å². The Morgan fingerprint density at radius 1 is 1.38 bits per heavy atom. The predicted molar refractivity (Wildman–Crippen MR) is 64.5 cm³/mol. The summed E-state index contributed by atoms with van der Waals surface area (Å²) in [6.45, 7) is 1.53. The normalized spacial score (nSPS) is 10.2. The van der Waals surface area contributed by atoms with Gasteiger partial charge >= 0.3 is 0 Å².